The normalized spacial score (nSPS) is 23.8. The lowest BCUT2D eigenvalue weighted by molar-refractivity contribution is 0.0196. The van der Waals surface area contributed by atoms with E-state index in [-0.39, 0.29) is 5.92 Å². The Kier molecular flexibility index (Phi) is 5.88. The summed E-state index contributed by atoms with van der Waals surface area (Å²) in [4.78, 5) is 2.14. The van der Waals surface area contributed by atoms with Crippen LogP contribution >= 0.6 is 0 Å². The molecule has 1 fully saturated rings. The molecule has 27 heavy (non-hydrogen) atoms. The van der Waals surface area contributed by atoms with E-state index >= 15 is 0 Å². The van der Waals surface area contributed by atoms with Gasteiger partial charge >= 0.3 is 0 Å². The Morgan fingerprint density at radius 1 is 1.11 bits per heavy atom. The number of para-hydroxylation sites is 1. The van der Waals surface area contributed by atoms with Gasteiger partial charge in [-0.3, -0.25) is 0 Å². The Hall–Kier alpha value is -2.30. The number of benzene rings is 2. The molecule has 2 aromatic rings. The first-order chi connectivity index (χ1) is 13.0. The van der Waals surface area contributed by atoms with E-state index < -0.39 is 5.60 Å². The smallest absolute Gasteiger partial charge is 0.125 e. The molecule has 2 atom stereocenters. The lowest BCUT2D eigenvalue weighted by Gasteiger charge is -2.35. The second-order valence-corrected chi connectivity index (χ2v) is 7.41. The zero-order valence-corrected chi connectivity index (χ0v) is 16.6. The number of rotatable bonds is 6. The lowest BCUT2D eigenvalue weighted by atomic mass is 9.80. The van der Waals surface area contributed by atoms with E-state index in [1.165, 1.54) is 0 Å². The fourth-order valence-corrected chi connectivity index (χ4v) is 4.12. The van der Waals surface area contributed by atoms with Crippen LogP contribution in [0.3, 0.4) is 0 Å². The Balaban J connectivity index is 2.10. The van der Waals surface area contributed by atoms with Crippen molar-refractivity contribution in [2.75, 3.05) is 34.9 Å². The van der Waals surface area contributed by atoms with Gasteiger partial charge in [0.1, 0.15) is 17.1 Å². The summed E-state index contributed by atoms with van der Waals surface area (Å²) in [6.45, 7) is 0.810. The number of hydrogen-bond acceptors (Lipinski definition) is 4. The standard InChI is InChI=1S/C23H29NO3/c1-24(2)16-19-13-12-18(14-17-8-7-9-20(15-17)26-3)23(19,25)21-10-5-6-11-22(21)27-4/h5-11,14-15,19,25H,12-13,16H2,1-4H3/b18-14+. The number of ether oxygens (including phenoxy) is 2. The van der Waals surface area contributed by atoms with Crippen LogP contribution in [-0.4, -0.2) is 44.9 Å². The number of aliphatic hydroxyl groups is 1. The summed E-state index contributed by atoms with van der Waals surface area (Å²) in [5.74, 6) is 1.64. The molecule has 1 aliphatic rings. The highest BCUT2D eigenvalue weighted by Gasteiger charge is 2.47. The van der Waals surface area contributed by atoms with Gasteiger partial charge in [-0.1, -0.05) is 36.4 Å². The Morgan fingerprint density at radius 3 is 2.59 bits per heavy atom. The van der Waals surface area contributed by atoms with Gasteiger partial charge < -0.3 is 19.5 Å². The molecule has 3 rings (SSSR count). The van der Waals surface area contributed by atoms with Gasteiger partial charge in [-0.15, -0.1) is 0 Å². The zero-order chi connectivity index (χ0) is 19.4. The van der Waals surface area contributed by atoms with Crippen LogP contribution in [-0.2, 0) is 5.60 Å². The van der Waals surface area contributed by atoms with Gasteiger partial charge in [0.2, 0.25) is 0 Å². The molecule has 0 aromatic heterocycles. The minimum atomic E-state index is -1.06. The average Bonchev–Trinajstić information content (AvgIpc) is 2.98. The summed E-state index contributed by atoms with van der Waals surface area (Å²) in [5.41, 5.74) is 1.83. The van der Waals surface area contributed by atoms with Crippen molar-refractivity contribution < 1.29 is 14.6 Å². The molecule has 0 bridgehead atoms. The van der Waals surface area contributed by atoms with E-state index in [1.54, 1.807) is 14.2 Å². The van der Waals surface area contributed by atoms with Crippen LogP contribution in [0.1, 0.15) is 24.0 Å². The number of hydrogen-bond donors (Lipinski definition) is 1. The molecule has 144 valence electrons. The first-order valence-electron chi connectivity index (χ1n) is 9.34. The minimum absolute atomic E-state index is 0.0978. The van der Waals surface area contributed by atoms with E-state index in [9.17, 15) is 5.11 Å². The van der Waals surface area contributed by atoms with Crippen LogP contribution in [0, 0.1) is 5.92 Å². The maximum Gasteiger partial charge on any atom is 0.125 e. The predicted octanol–water partition coefficient (Wildman–Crippen LogP) is 3.95. The summed E-state index contributed by atoms with van der Waals surface area (Å²) >= 11 is 0. The molecule has 4 heteroatoms. The van der Waals surface area contributed by atoms with E-state index in [2.05, 4.69) is 11.0 Å². The van der Waals surface area contributed by atoms with Gasteiger partial charge in [-0.05, 0) is 56.3 Å². The molecule has 0 heterocycles. The van der Waals surface area contributed by atoms with E-state index in [0.29, 0.717) is 0 Å². The van der Waals surface area contributed by atoms with Crippen molar-refractivity contribution in [1.29, 1.82) is 0 Å². The predicted molar refractivity (Wildman–Crippen MR) is 109 cm³/mol. The molecule has 4 nitrogen and oxygen atoms in total. The van der Waals surface area contributed by atoms with Crippen molar-refractivity contribution >= 4 is 6.08 Å². The lowest BCUT2D eigenvalue weighted by Crippen LogP contribution is -2.38. The number of methoxy groups -OCH3 is 2. The molecule has 2 unspecified atom stereocenters. The highest BCUT2D eigenvalue weighted by molar-refractivity contribution is 5.60. The molecule has 0 amide bonds. The maximum atomic E-state index is 12.0. The largest absolute Gasteiger partial charge is 0.497 e. The highest BCUT2D eigenvalue weighted by atomic mass is 16.5. The van der Waals surface area contributed by atoms with Crippen LogP contribution in [0.25, 0.3) is 6.08 Å². The summed E-state index contributed by atoms with van der Waals surface area (Å²) < 4.78 is 10.9. The van der Waals surface area contributed by atoms with Gasteiger partial charge in [0.05, 0.1) is 14.2 Å². The molecule has 0 aliphatic heterocycles. The van der Waals surface area contributed by atoms with Crippen LogP contribution in [0.4, 0.5) is 0 Å². The van der Waals surface area contributed by atoms with Gasteiger partial charge in [0, 0.05) is 18.0 Å². The van der Waals surface area contributed by atoms with E-state index in [4.69, 9.17) is 9.47 Å². The first kappa shape index (κ1) is 19.5. The van der Waals surface area contributed by atoms with E-state index in [0.717, 1.165) is 47.6 Å². The fourth-order valence-electron chi connectivity index (χ4n) is 4.12. The number of nitrogens with zero attached hydrogens (tertiary/aromatic N) is 1. The average molecular weight is 367 g/mol. The molecule has 1 aliphatic carbocycles. The SMILES string of the molecule is COc1cccc(/C=C2\CCC(CN(C)C)C2(O)c2ccccc2OC)c1. The van der Waals surface area contributed by atoms with Crippen molar-refractivity contribution in [2.24, 2.45) is 5.92 Å². The Bertz CT molecular complexity index is 815. The molecule has 2 aromatic carbocycles. The first-order valence-corrected chi connectivity index (χ1v) is 9.34. The summed E-state index contributed by atoms with van der Waals surface area (Å²) in [7, 11) is 7.42. The maximum absolute atomic E-state index is 12.0. The van der Waals surface area contributed by atoms with Gasteiger partial charge in [-0.25, -0.2) is 0 Å². The molecule has 1 saturated carbocycles. The Labute approximate surface area is 162 Å². The van der Waals surface area contributed by atoms with Crippen molar-refractivity contribution in [3.8, 4) is 11.5 Å². The van der Waals surface area contributed by atoms with Crippen molar-refractivity contribution in [2.45, 2.75) is 18.4 Å². The van der Waals surface area contributed by atoms with Gasteiger partial charge in [0.15, 0.2) is 0 Å². The minimum Gasteiger partial charge on any atom is -0.497 e. The quantitative estimate of drug-likeness (QED) is 0.840. The molecular formula is C23H29NO3. The summed E-state index contributed by atoms with van der Waals surface area (Å²) in [6.07, 6.45) is 3.89. The second-order valence-electron chi connectivity index (χ2n) is 7.41. The third-order valence-corrected chi connectivity index (χ3v) is 5.38. The van der Waals surface area contributed by atoms with E-state index in [1.807, 2.05) is 62.6 Å². The molecule has 0 radical (unpaired) electrons. The van der Waals surface area contributed by atoms with Crippen LogP contribution in [0.15, 0.2) is 54.1 Å². The van der Waals surface area contributed by atoms with Gasteiger partial charge in [-0.2, -0.15) is 0 Å². The van der Waals surface area contributed by atoms with Gasteiger partial charge in [0.25, 0.3) is 0 Å². The summed E-state index contributed by atoms with van der Waals surface area (Å²) in [5, 5.41) is 12.0. The third kappa shape index (κ3) is 3.87. The third-order valence-electron chi connectivity index (χ3n) is 5.38. The molecule has 0 spiro atoms. The van der Waals surface area contributed by atoms with Crippen molar-refractivity contribution in [3.63, 3.8) is 0 Å². The van der Waals surface area contributed by atoms with Crippen LogP contribution < -0.4 is 9.47 Å². The molecule has 1 N–H and O–H groups in total. The zero-order valence-electron chi connectivity index (χ0n) is 16.6. The topological polar surface area (TPSA) is 41.9 Å². The summed E-state index contributed by atoms with van der Waals surface area (Å²) in [6, 6.07) is 15.7. The monoisotopic (exact) mass is 367 g/mol. The Morgan fingerprint density at radius 2 is 1.89 bits per heavy atom. The highest BCUT2D eigenvalue weighted by Crippen LogP contribution is 2.51. The van der Waals surface area contributed by atoms with Crippen LogP contribution in [0.2, 0.25) is 0 Å². The fraction of sp³-hybridized carbons (Fsp3) is 0.391. The van der Waals surface area contributed by atoms with Crippen molar-refractivity contribution in [3.05, 3.63) is 65.2 Å². The molecule has 0 saturated heterocycles. The second kappa shape index (κ2) is 8.15. The van der Waals surface area contributed by atoms with Crippen LogP contribution in [0.5, 0.6) is 11.5 Å². The van der Waals surface area contributed by atoms with Crippen molar-refractivity contribution in [1.82, 2.24) is 4.90 Å². The molecular weight excluding hydrogens is 338 g/mol.